The van der Waals surface area contributed by atoms with Gasteiger partial charge in [0, 0.05) is 49.4 Å². The minimum atomic E-state index is -1.55. The van der Waals surface area contributed by atoms with Gasteiger partial charge in [0.2, 0.25) is 0 Å². The van der Waals surface area contributed by atoms with Gasteiger partial charge in [-0.25, -0.2) is 13.2 Å². The first-order valence-corrected chi connectivity index (χ1v) is 11.1. The number of likely N-dealkylation sites (tertiary alicyclic amines) is 1. The Morgan fingerprint density at radius 2 is 1.85 bits per heavy atom. The molecule has 9 heteroatoms. The molecule has 2 atom stereocenters. The van der Waals surface area contributed by atoms with Gasteiger partial charge in [0.25, 0.3) is 5.56 Å². The molecule has 2 aliphatic rings. The van der Waals surface area contributed by atoms with E-state index in [1.165, 1.54) is 6.07 Å². The highest BCUT2D eigenvalue weighted by Gasteiger charge is 2.35. The number of hydrogen-bond donors (Lipinski definition) is 1. The van der Waals surface area contributed by atoms with E-state index in [2.05, 4.69) is 10.1 Å². The van der Waals surface area contributed by atoms with Gasteiger partial charge in [-0.15, -0.1) is 0 Å². The number of benzene rings is 2. The van der Waals surface area contributed by atoms with Crippen molar-refractivity contribution in [2.45, 2.75) is 25.4 Å². The predicted octanol–water partition coefficient (Wildman–Crippen LogP) is 4.40. The Hall–Kier alpha value is -3.59. The number of aromatic hydroxyl groups is 1. The minimum absolute atomic E-state index is 0.0194. The molecule has 0 aliphatic carbocycles. The highest BCUT2D eigenvalue weighted by atomic mass is 19.2. The summed E-state index contributed by atoms with van der Waals surface area (Å²) in [5, 5.41) is 15.0. The number of phenolic OH excluding ortho intramolecular Hbond substituents is 1. The molecule has 1 saturated heterocycles. The van der Waals surface area contributed by atoms with Crippen molar-refractivity contribution in [2.24, 2.45) is 5.92 Å². The first-order valence-electron chi connectivity index (χ1n) is 11.1. The van der Waals surface area contributed by atoms with Gasteiger partial charge in [-0.05, 0) is 42.7 Å². The zero-order valence-electron chi connectivity index (χ0n) is 18.0. The zero-order chi connectivity index (χ0) is 23.6. The fourth-order valence-corrected chi connectivity index (χ4v) is 5.45. The third kappa shape index (κ3) is 3.30. The lowest BCUT2D eigenvalue weighted by molar-refractivity contribution is 0.113. The molecule has 2 bridgehead atoms. The fourth-order valence-electron chi connectivity index (χ4n) is 5.45. The second kappa shape index (κ2) is 7.73. The molecule has 0 unspecified atom stereocenters. The summed E-state index contributed by atoms with van der Waals surface area (Å²) in [4.78, 5) is 14.5. The van der Waals surface area contributed by atoms with Crippen molar-refractivity contribution in [1.82, 2.24) is 14.6 Å². The Kier molecular flexibility index (Phi) is 4.77. The molecule has 2 aromatic heterocycles. The summed E-state index contributed by atoms with van der Waals surface area (Å²) in [7, 11) is 0. The molecule has 4 heterocycles. The van der Waals surface area contributed by atoms with E-state index in [9.17, 15) is 23.1 Å². The first-order chi connectivity index (χ1) is 16.4. The summed E-state index contributed by atoms with van der Waals surface area (Å²) >= 11 is 0. The van der Waals surface area contributed by atoms with Crippen LogP contribution in [0.2, 0.25) is 0 Å². The van der Waals surface area contributed by atoms with E-state index in [0.29, 0.717) is 42.1 Å². The number of rotatable bonds is 3. The number of pyridine rings is 1. The lowest BCUT2D eigenvalue weighted by Crippen LogP contribution is -2.46. The minimum Gasteiger partial charge on any atom is -0.507 e. The highest BCUT2D eigenvalue weighted by molar-refractivity contribution is 5.94. The molecule has 174 valence electrons. The van der Waals surface area contributed by atoms with Crippen LogP contribution in [0.15, 0.2) is 51.8 Å². The summed E-state index contributed by atoms with van der Waals surface area (Å²) in [5.74, 6) is -3.64. The van der Waals surface area contributed by atoms with Crippen molar-refractivity contribution in [3.63, 3.8) is 0 Å². The van der Waals surface area contributed by atoms with Crippen LogP contribution in [-0.4, -0.2) is 32.8 Å². The largest absolute Gasteiger partial charge is 0.507 e. The normalized spacial score (nSPS) is 20.0. The van der Waals surface area contributed by atoms with Crippen molar-refractivity contribution in [1.29, 1.82) is 0 Å². The van der Waals surface area contributed by atoms with E-state index in [1.807, 2.05) is 10.6 Å². The highest BCUT2D eigenvalue weighted by Crippen LogP contribution is 2.39. The number of nitrogens with zero attached hydrogens (tertiary/aromatic N) is 3. The SMILES string of the molecule is O=c1cccc2n1C[C@@H]1C[C@H]2CN(Cc2c(O)ccc3c(-c4cc(F)c(F)c(F)c4)noc23)C1. The van der Waals surface area contributed by atoms with E-state index < -0.39 is 17.5 Å². The van der Waals surface area contributed by atoms with E-state index in [0.717, 1.165) is 30.8 Å². The summed E-state index contributed by atoms with van der Waals surface area (Å²) in [6, 6.07) is 10.2. The number of hydrogen-bond acceptors (Lipinski definition) is 5. The Morgan fingerprint density at radius 1 is 1.06 bits per heavy atom. The number of aromatic nitrogens is 2. The Labute approximate surface area is 191 Å². The van der Waals surface area contributed by atoms with Gasteiger partial charge in [0.05, 0.1) is 10.9 Å². The van der Waals surface area contributed by atoms with Gasteiger partial charge < -0.3 is 14.2 Å². The molecule has 0 amide bonds. The third-order valence-electron chi connectivity index (χ3n) is 6.91. The first kappa shape index (κ1) is 21.0. The molecule has 4 aromatic rings. The van der Waals surface area contributed by atoms with Crippen LogP contribution in [0.3, 0.4) is 0 Å². The second-order valence-corrected chi connectivity index (χ2v) is 9.12. The van der Waals surface area contributed by atoms with Gasteiger partial charge in [-0.3, -0.25) is 9.69 Å². The van der Waals surface area contributed by atoms with Crippen molar-refractivity contribution in [3.05, 3.63) is 81.5 Å². The summed E-state index contributed by atoms with van der Waals surface area (Å²) < 4.78 is 48.3. The van der Waals surface area contributed by atoms with Crippen LogP contribution in [0, 0.1) is 23.4 Å². The predicted molar refractivity (Wildman–Crippen MR) is 118 cm³/mol. The molecule has 0 saturated carbocycles. The average molecular weight is 467 g/mol. The number of halogens is 3. The molecule has 6 rings (SSSR count). The molecule has 0 radical (unpaired) electrons. The Bertz CT molecular complexity index is 1470. The Morgan fingerprint density at radius 3 is 2.65 bits per heavy atom. The van der Waals surface area contributed by atoms with E-state index in [-0.39, 0.29) is 28.5 Å². The molecular formula is C25H20F3N3O3. The monoisotopic (exact) mass is 467 g/mol. The van der Waals surface area contributed by atoms with E-state index >= 15 is 0 Å². The van der Waals surface area contributed by atoms with E-state index in [1.54, 1.807) is 18.2 Å². The van der Waals surface area contributed by atoms with Gasteiger partial charge in [-0.2, -0.15) is 0 Å². The lowest BCUT2D eigenvalue weighted by atomic mass is 9.83. The standard InChI is InChI=1S/C25H20F3N3O3/c26-18-7-14(8-19(27)23(18)28)24-16-4-5-21(32)17(25(16)34-29-24)12-30-9-13-6-15(11-30)20-2-1-3-22(33)31(20)10-13/h1-5,7-8,13,15,32H,6,9-12H2/t13-,15+/m1/s1. The number of piperidine rings is 1. The van der Waals surface area contributed by atoms with Crippen LogP contribution in [0.5, 0.6) is 5.75 Å². The third-order valence-corrected chi connectivity index (χ3v) is 6.91. The summed E-state index contributed by atoms with van der Waals surface area (Å²) in [5.41, 5.74) is 2.08. The maximum absolute atomic E-state index is 13.8. The van der Waals surface area contributed by atoms with Gasteiger partial charge >= 0.3 is 0 Å². The molecule has 6 nitrogen and oxygen atoms in total. The second-order valence-electron chi connectivity index (χ2n) is 9.12. The summed E-state index contributed by atoms with van der Waals surface area (Å²) in [6.07, 6.45) is 1.00. The van der Waals surface area contributed by atoms with Crippen LogP contribution in [0.1, 0.15) is 23.6 Å². The molecule has 2 aromatic carbocycles. The quantitative estimate of drug-likeness (QED) is 0.453. The van der Waals surface area contributed by atoms with Crippen molar-refractivity contribution in [2.75, 3.05) is 13.1 Å². The molecule has 0 spiro atoms. The van der Waals surface area contributed by atoms with Crippen molar-refractivity contribution >= 4 is 11.0 Å². The van der Waals surface area contributed by atoms with Gasteiger partial charge in [0.1, 0.15) is 11.4 Å². The van der Waals surface area contributed by atoms with Gasteiger partial charge in [0.15, 0.2) is 23.0 Å². The Balaban J connectivity index is 1.34. The van der Waals surface area contributed by atoms with Crippen LogP contribution in [0.4, 0.5) is 13.2 Å². The van der Waals surface area contributed by atoms with Crippen LogP contribution in [0.25, 0.3) is 22.2 Å². The maximum Gasteiger partial charge on any atom is 0.250 e. The van der Waals surface area contributed by atoms with E-state index in [4.69, 9.17) is 4.52 Å². The van der Waals surface area contributed by atoms with Crippen LogP contribution < -0.4 is 5.56 Å². The molecular weight excluding hydrogens is 447 g/mol. The molecule has 2 aliphatic heterocycles. The van der Waals surface area contributed by atoms with Gasteiger partial charge in [-0.1, -0.05) is 11.2 Å². The zero-order valence-corrected chi connectivity index (χ0v) is 18.0. The van der Waals surface area contributed by atoms with Crippen LogP contribution in [-0.2, 0) is 13.1 Å². The smallest absolute Gasteiger partial charge is 0.250 e. The number of phenols is 1. The topological polar surface area (TPSA) is 71.5 Å². The van der Waals surface area contributed by atoms with Crippen molar-refractivity contribution < 1.29 is 22.8 Å². The lowest BCUT2D eigenvalue weighted by Gasteiger charge is -2.42. The summed E-state index contributed by atoms with van der Waals surface area (Å²) in [6.45, 7) is 2.51. The molecule has 1 N–H and O–H groups in total. The van der Waals surface area contributed by atoms with Crippen LogP contribution >= 0.6 is 0 Å². The molecule has 34 heavy (non-hydrogen) atoms. The molecule has 1 fully saturated rings. The average Bonchev–Trinajstić information content (AvgIpc) is 3.24. The number of fused-ring (bicyclic) bond motifs is 5. The van der Waals surface area contributed by atoms with Crippen molar-refractivity contribution in [3.8, 4) is 17.0 Å². The maximum atomic E-state index is 13.8. The fraction of sp³-hybridized carbons (Fsp3) is 0.280.